The fraction of sp³-hybridized carbons (Fsp3) is 0.923. The van der Waals surface area contributed by atoms with E-state index < -0.39 is 0 Å². The highest BCUT2D eigenvalue weighted by molar-refractivity contribution is 5.79. The molecule has 1 fully saturated rings. The van der Waals surface area contributed by atoms with Gasteiger partial charge < -0.3 is 11.1 Å². The number of hydrogen-bond donors (Lipinski definition) is 2. The van der Waals surface area contributed by atoms with E-state index in [1.807, 2.05) is 0 Å². The minimum absolute atomic E-state index is 0.210. The van der Waals surface area contributed by atoms with Gasteiger partial charge in [-0.1, -0.05) is 27.2 Å². The quantitative estimate of drug-likeness (QED) is 0.754. The molecule has 2 atom stereocenters. The number of nitrogens with one attached hydrogen (secondary N) is 1. The molecule has 0 aromatic carbocycles. The van der Waals surface area contributed by atoms with E-state index in [1.165, 1.54) is 12.8 Å². The molecule has 1 saturated carbocycles. The molecule has 0 spiro atoms. The summed E-state index contributed by atoms with van der Waals surface area (Å²) in [5.41, 5.74) is 5.94. The third-order valence-corrected chi connectivity index (χ3v) is 4.22. The van der Waals surface area contributed by atoms with Crippen LogP contribution < -0.4 is 11.1 Å². The number of carbonyl (C=O) groups is 1. The standard InChI is InChI=1S/C13H26N2O/c1-4-13(14,5-2)9-15-12(16)11-8-6-7-10(11)3/h10-11H,4-9,14H2,1-3H3,(H,15,16). The zero-order chi connectivity index (χ0) is 12.2. The van der Waals surface area contributed by atoms with Gasteiger partial charge >= 0.3 is 0 Å². The van der Waals surface area contributed by atoms with Crippen molar-refractivity contribution >= 4 is 5.91 Å². The highest BCUT2D eigenvalue weighted by Crippen LogP contribution is 2.31. The summed E-state index contributed by atoms with van der Waals surface area (Å²) in [5, 5.41) is 3.03. The first kappa shape index (κ1) is 13.5. The number of amides is 1. The lowest BCUT2D eigenvalue weighted by Gasteiger charge is -2.28. The molecule has 16 heavy (non-hydrogen) atoms. The highest BCUT2D eigenvalue weighted by Gasteiger charge is 2.30. The highest BCUT2D eigenvalue weighted by atomic mass is 16.1. The first-order valence-electron chi connectivity index (χ1n) is 6.59. The molecule has 0 radical (unpaired) electrons. The van der Waals surface area contributed by atoms with Gasteiger partial charge in [0, 0.05) is 18.0 Å². The summed E-state index contributed by atoms with van der Waals surface area (Å²) in [4.78, 5) is 12.0. The van der Waals surface area contributed by atoms with Crippen molar-refractivity contribution in [1.29, 1.82) is 0 Å². The Kier molecular flexibility index (Phi) is 4.78. The van der Waals surface area contributed by atoms with Crippen molar-refractivity contribution in [3.63, 3.8) is 0 Å². The van der Waals surface area contributed by atoms with Crippen LogP contribution in [0.2, 0.25) is 0 Å². The first-order valence-corrected chi connectivity index (χ1v) is 6.59. The summed E-state index contributed by atoms with van der Waals surface area (Å²) in [6.45, 7) is 6.94. The normalized spacial score (nSPS) is 25.8. The molecule has 0 heterocycles. The number of hydrogen-bond acceptors (Lipinski definition) is 2. The molecular formula is C13H26N2O. The Labute approximate surface area is 99.2 Å². The zero-order valence-electron chi connectivity index (χ0n) is 10.9. The van der Waals surface area contributed by atoms with E-state index in [0.29, 0.717) is 12.5 Å². The Bertz CT molecular complexity index is 236. The number of carbonyl (C=O) groups excluding carboxylic acids is 1. The third-order valence-electron chi connectivity index (χ3n) is 4.22. The van der Waals surface area contributed by atoms with Gasteiger partial charge in [-0.25, -0.2) is 0 Å². The number of rotatable bonds is 5. The smallest absolute Gasteiger partial charge is 0.223 e. The Morgan fingerprint density at radius 3 is 2.44 bits per heavy atom. The van der Waals surface area contributed by atoms with Gasteiger partial charge in [0.2, 0.25) is 5.91 Å². The number of nitrogens with two attached hydrogens (primary N) is 1. The summed E-state index contributed by atoms with van der Waals surface area (Å²) < 4.78 is 0. The van der Waals surface area contributed by atoms with Crippen LogP contribution in [-0.4, -0.2) is 18.0 Å². The predicted molar refractivity (Wildman–Crippen MR) is 67.0 cm³/mol. The van der Waals surface area contributed by atoms with E-state index in [0.717, 1.165) is 19.3 Å². The van der Waals surface area contributed by atoms with E-state index >= 15 is 0 Å². The van der Waals surface area contributed by atoms with Crippen LogP contribution in [0.25, 0.3) is 0 Å². The van der Waals surface area contributed by atoms with E-state index in [4.69, 9.17) is 5.73 Å². The fourth-order valence-electron chi connectivity index (χ4n) is 2.43. The summed E-state index contributed by atoms with van der Waals surface area (Å²) in [6.07, 6.45) is 5.23. The van der Waals surface area contributed by atoms with Crippen molar-refractivity contribution < 1.29 is 4.79 Å². The monoisotopic (exact) mass is 226 g/mol. The summed E-state index contributed by atoms with van der Waals surface area (Å²) in [5.74, 6) is 0.968. The molecular weight excluding hydrogens is 200 g/mol. The second kappa shape index (κ2) is 5.67. The second-order valence-electron chi connectivity index (χ2n) is 5.30. The van der Waals surface area contributed by atoms with Crippen LogP contribution in [0.5, 0.6) is 0 Å². The van der Waals surface area contributed by atoms with Gasteiger partial charge in [0.05, 0.1) is 0 Å². The molecule has 0 aromatic rings. The largest absolute Gasteiger partial charge is 0.354 e. The lowest BCUT2D eigenvalue weighted by atomic mass is 9.93. The summed E-state index contributed by atoms with van der Waals surface area (Å²) in [6, 6.07) is 0. The van der Waals surface area contributed by atoms with Gasteiger partial charge in [-0.15, -0.1) is 0 Å². The predicted octanol–water partition coefficient (Wildman–Crippen LogP) is 2.06. The van der Waals surface area contributed by atoms with Crippen LogP contribution in [0.3, 0.4) is 0 Å². The van der Waals surface area contributed by atoms with Crippen LogP contribution in [0.4, 0.5) is 0 Å². The van der Waals surface area contributed by atoms with Crippen molar-refractivity contribution in [2.24, 2.45) is 17.6 Å². The van der Waals surface area contributed by atoms with Crippen LogP contribution in [0.1, 0.15) is 52.9 Å². The van der Waals surface area contributed by atoms with E-state index in [1.54, 1.807) is 0 Å². The van der Waals surface area contributed by atoms with Crippen molar-refractivity contribution in [3.8, 4) is 0 Å². The maximum atomic E-state index is 12.0. The molecule has 3 heteroatoms. The van der Waals surface area contributed by atoms with Crippen molar-refractivity contribution in [2.75, 3.05) is 6.54 Å². The molecule has 0 aromatic heterocycles. The zero-order valence-corrected chi connectivity index (χ0v) is 10.9. The Morgan fingerprint density at radius 2 is 2.00 bits per heavy atom. The van der Waals surface area contributed by atoms with Gasteiger partial charge in [0.25, 0.3) is 0 Å². The lowest BCUT2D eigenvalue weighted by molar-refractivity contribution is -0.126. The molecule has 1 aliphatic carbocycles. The molecule has 1 amide bonds. The van der Waals surface area contributed by atoms with E-state index in [9.17, 15) is 4.79 Å². The van der Waals surface area contributed by atoms with Gasteiger partial charge in [0.15, 0.2) is 0 Å². The lowest BCUT2D eigenvalue weighted by Crippen LogP contribution is -2.50. The minimum Gasteiger partial charge on any atom is -0.354 e. The molecule has 2 unspecified atom stereocenters. The van der Waals surface area contributed by atoms with Crippen LogP contribution in [0, 0.1) is 11.8 Å². The molecule has 0 aliphatic heterocycles. The minimum atomic E-state index is -0.225. The first-order chi connectivity index (χ1) is 7.52. The van der Waals surface area contributed by atoms with Gasteiger partial charge in [-0.05, 0) is 31.6 Å². The van der Waals surface area contributed by atoms with Crippen molar-refractivity contribution in [1.82, 2.24) is 5.32 Å². The molecule has 1 rings (SSSR count). The van der Waals surface area contributed by atoms with Crippen LogP contribution in [0.15, 0.2) is 0 Å². The molecule has 3 nitrogen and oxygen atoms in total. The average Bonchev–Trinajstić information content (AvgIpc) is 2.72. The molecule has 0 bridgehead atoms. The van der Waals surface area contributed by atoms with Gasteiger partial charge in [-0.3, -0.25) is 4.79 Å². The fourth-order valence-corrected chi connectivity index (χ4v) is 2.43. The summed E-state index contributed by atoms with van der Waals surface area (Å²) >= 11 is 0. The maximum absolute atomic E-state index is 12.0. The molecule has 3 N–H and O–H groups in total. The second-order valence-corrected chi connectivity index (χ2v) is 5.30. The van der Waals surface area contributed by atoms with Crippen molar-refractivity contribution in [2.45, 2.75) is 58.4 Å². The van der Waals surface area contributed by atoms with Crippen LogP contribution >= 0.6 is 0 Å². The molecule has 94 valence electrons. The van der Waals surface area contributed by atoms with Crippen LogP contribution in [-0.2, 0) is 4.79 Å². The van der Waals surface area contributed by atoms with Crippen molar-refractivity contribution in [3.05, 3.63) is 0 Å². The Hall–Kier alpha value is -0.570. The van der Waals surface area contributed by atoms with E-state index in [-0.39, 0.29) is 17.4 Å². The van der Waals surface area contributed by atoms with Gasteiger partial charge in [-0.2, -0.15) is 0 Å². The average molecular weight is 226 g/mol. The molecule has 0 saturated heterocycles. The van der Waals surface area contributed by atoms with E-state index in [2.05, 4.69) is 26.1 Å². The topological polar surface area (TPSA) is 55.1 Å². The third kappa shape index (κ3) is 3.21. The Morgan fingerprint density at radius 1 is 1.38 bits per heavy atom. The summed E-state index contributed by atoms with van der Waals surface area (Å²) in [7, 11) is 0. The maximum Gasteiger partial charge on any atom is 0.223 e. The van der Waals surface area contributed by atoms with Gasteiger partial charge in [0.1, 0.15) is 0 Å². The molecule has 1 aliphatic rings. The SMILES string of the molecule is CCC(N)(CC)CNC(=O)C1CCCC1C. The Balaban J connectivity index is 2.40.